The predicted octanol–water partition coefficient (Wildman–Crippen LogP) is 1.87. The van der Waals surface area contributed by atoms with Gasteiger partial charge in [0.05, 0.1) is 18.4 Å². The summed E-state index contributed by atoms with van der Waals surface area (Å²) in [6, 6.07) is -0.714. The van der Waals surface area contributed by atoms with Gasteiger partial charge >= 0.3 is 5.97 Å². The van der Waals surface area contributed by atoms with Gasteiger partial charge in [-0.3, -0.25) is 14.4 Å². The van der Waals surface area contributed by atoms with Crippen LogP contribution in [0.1, 0.15) is 58.3 Å². The van der Waals surface area contributed by atoms with Crippen molar-refractivity contribution in [2.45, 2.75) is 64.3 Å². The van der Waals surface area contributed by atoms with Gasteiger partial charge < -0.3 is 15.0 Å². The lowest BCUT2D eigenvalue weighted by molar-refractivity contribution is -0.166. The number of hydrogen-bond acceptors (Lipinski definition) is 4. The zero-order valence-corrected chi connectivity index (χ0v) is 15.7. The van der Waals surface area contributed by atoms with Crippen molar-refractivity contribution in [3.05, 3.63) is 0 Å². The summed E-state index contributed by atoms with van der Waals surface area (Å²) in [6.45, 7) is 3.26. The molecular formula is C20H30N2O4. The van der Waals surface area contributed by atoms with E-state index in [1.54, 1.807) is 4.90 Å². The fraction of sp³-hybridized carbons (Fsp3) is 0.850. The van der Waals surface area contributed by atoms with Gasteiger partial charge in [0.2, 0.25) is 11.8 Å². The summed E-state index contributed by atoms with van der Waals surface area (Å²) < 4.78 is 5.16. The first kappa shape index (κ1) is 17.8. The first-order valence-electron chi connectivity index (χ1n) is 10.2. The summed E-state index contributed by atoms with van der Waals surface area (Å²) in [5, 5.41) is 2.81. The summed E-state index contributed by atoms with van der Waals surface area (Å²) >= 11 is 0. The van der Waals surface area contributed by atoms with Crippen LogP contribution in [0.15, 0.2) is 0 Å². The standard InChI is InChI=1S/C20H30N2O4/c1-2-5-26-17(23)9-16-18(24)21-3-4-22(16)19(25)20-10-13-6-14(11-20)8-15(7-13)12-20/h13-16H,2-12H2,1H3,(H,21,24). The van der Waals surface area contributed by atoms with Crippen LogP contribution < -0.4 is 5.32 Å². The highest BCUT2D eigenvalue weighted by Gasteiger charge is 2.56. The molecule has 1 heterocycles. The molecule has 4 aliphatic carbocycles. The highest BCUT2D eigenvalue weighted by atomic mass is 16.5. The van der Waals surface area contributed by atoms with Crippen molar-refractivity contribution < 1.29 is 19.1 Å². The molecule has 4 bridgehead atoms. The van der Waals surface area contributed by atoms with E-state index >= 15 is 0 Å². The highest BCUT2D eigenvalue weighted by Crippen LogP contribution is 2.60. The molecule has 4 saturated carbocycles. The Morgan fingerprint density at radius 3 is 2.35 bits per heavy atom. The van der Waals surface area contributed by atoms with Crippen LogP contribution in [0.3, 0.4) is 0 Å². The molecule has 1 atom stereocenters. The quantitative estimate of drug-likeness (QED) is 0.758. The Bertz CT molecular complexity index is 567. The van der Waals surface area contributed by atoms with Crippen molar-refractivity contribution in [3.63, 3.8) is 0 Å². The number of nitrogens with one attached hydrogen (secondary N) is 1. The number of esters is 1. The summed E-state index contributed by atoms with van der Waals surface area (Å²) in [7, 11) is 0. The van der Waals surface area contributed by atoms with Crippen LogP contribution in [-0.2, 0) is 19.1 Å². The van der Waals surface area contributed by atoms with E-state index in [0.717, 1.165) is 25.7 Å². The summed E-state index contributed by atoms with van der Waals surface area (Å²) in [6.07, 6.45) is 7.47. The molecule has 0 spiro atoms. The lowest BCUT2D eigenvalue weighted by Gasteiger charge is -2.57. The largest absolute Gasteiger partial charge is 0.466 e. The summed E-state index contributed by atoms with van der Waals surface area (Å²) in [4.78, 5) is 39.8. The van der Waals surface area contributed by atoms with Gasteiger partial charge in [-0.2, -0.15) is 0 Å². The molecule has 0 aromatic heterocycles. The van der Waals surface area contributed by atoms with Crippen molar-refractivity contribution >= 4 is 17.8 Å². The number of ether oxygens (including phenoxy) is 1. The average Bonchev–Trinajstić information content (AvgIpc) is 2.60. The Morgan fingerprint density at radius 2 is 1.77 bits per heavy atom. The summed E-state index contributed by atoms with van der Waals surface area (Å²) in [5.41, 5.74) is -0.280. The number of hydrogen-bond donors (Lipinski definition) is 1. The Morgan fingerprint density at radius 1 is 1.15 bits per heavy atom. The molecule has 6 nitrogen and oxygen atoms in total. The second-order valence-electron chi connectivity index (χ2n) is 8.93. The molecule has 0 radical (unpaired) electrons. The Balaban J connectivity index is 1.51. The van der Waals surface area contributed by atoms with Crippen LogP contribution in [0.4, 0.5) is 0 Å². The molecular weight excluding hydrogens is 332 g/mol. The Labute approximate surface area is 155 Å². The molecule has 0 aromatic carbocycles. The Hall–Kier alpha value is -1.59. The van der Waals surface area contributed by atoms with Gasteiger partial charge in [0.15, 0.2) is 0 Å². The van der Waals surface area contributed by atoms with Crippen molar-refractivity contribution in [1.29, 1.82) is 0 Å². The maximum Gasteiger partial charge on any atom is 0.308 e. The lowest BCUT2D eigenvalue weighted by atomic mass is 9.49. The first-order chi connectivity index (χ1) is 12.5. The molecule has 1 saturated heterocycles. The minimum absolute atomic E-state index is 0.0378. The van der Waals surface area contributed by atoms with E-state index in [9.17, 15) is 14.4 Å². The zero-order chi connectivity index (χ0) is 18.3. The van der Waals surface area contributed by atoms with E-state index in [1.807, 2.05) is 6.92 Å². The fourth-order valence-electron chi connectivity index (χ4n) is 6.27. The second-order valence-corrected chi connectivity index (χ2v) is 8.93. The topological polar surface area (TPSA) is 75.7 Å². The van der Waals surface area contributed by atoms with Crippen LogP contribution in [0.2, 0.25) is 0 Å². The van der Waals surface area contributed by atoms with Crippen LogP contribution >= 0.6 is 0 Å². The molecule has 1 aliphatic heterocycles. The molecule has 5 aliphatic rings. The molecule has 1 unspecified atom stereocenters. The first-order valence-corrected chi connectivity index (χ1v) is 10.2. The Kier molecular flexibility index (Phi) is 4.70. The van der Waals surface area contributed by atoms with E-state index in [2.05, 4.69) is 5.32 Å². The van der Waals surface area contributed by atoms with E-state index in [4.69, 9.17) is 4.74 Å². The number of rotatable bonds is 5. The molecule has 6 heteroatoms. The van der Waals surface area contributed by atoms with E-state index in [0.29, 0.717) is 37.5 Å². The highest BCUT2D eigenvalue weighted by molar-refractivity contribution is 5.93. The van der Waals surface area contributed by atoms with Gasteiger partial charge in [-0.15, -0.1) is 0 Å². The van der Waals surface area contributed by atoms with Crippen molar-refractivity contribution in [2.75, 3.05) is 19.7 Å². The van der Waals surface area contributed by atoms with Gasteiger partial charge in [-0.05, 0) is 62.7 Å². The van der Waals surface area contributed by atoms with E-state index < -0.39 is 12.0 Å². The lowest BCUT2D eigenvalue weighted by Crippen LogP contribution is -2.63. The van der Waals surface area contributed by atoms with Crippen LogP contribution in [0, 0.1) is 23.2 Å². The summed E-state index contributed by atoms with van der Waals surface area (Å²) in [5.74, 6) is 1.55. The SMILES string of the molecule is CCCOC(=O)CC1C(=O)NCCN1C(=O)C12CC3CC(CC(C3)C1)C2. The van der Waals surface area contributed by atoms with Crippen LogP contribution in [0.5, 0.6) is 0 Å². The number of nitrogens with zero attached hydrogens (tertiary/aromatic N) is 1. The van der Waals surface area contributed by atoms with Gasteiger partial charge in [0.1, 0.15) is 6.04 Å². The maximum atomic E-state index is 13.6. The second kappa shape index (κ2) is 6.86. The monoisotopic (exact) mass is 362 g/mol. The zero-order valence-electron chi connectivity index (χ0n) is 15.7. The van der Waals surface area contributed by atoms with Gasteiger partial charge in [-0.1, -0.05) is 6.92 Å². The predicted molar refractivity (Wildman–Crippen MR) is 95.0 cm³/mol. The van der Waals surface area contributed by atoms with Gasteiger partial charge in [-0.25, -0.2) is 0 Å². The molecule has 5 rings (SSSR count). The number of amides is 2. The maximum absolute atomic E-state index is 13.6. The van der Waals surface area contributed by atoms with Gasteiger partial charge in [0.25, 0.3) is 0 Å². The minimum atomic E-state index is -0.714. The van der Waals surface area contributed by atoms with Crippen molar-refractivity contribution in [2.24, 2.45) is 23.2 Å². The number of carbonyl (C=O) groups is 3. The molecule has 144 valence electrons. The molecule has 1 N–H and O–H groups in total. The smallest absolute Gasteiger partial charge is 0.308 e. The third-order valence-corrected chi connectivity index (χ3v) is 6.91. The van der Waals surface area contributed by atoms with Crippen molar-refractivity contribution in [1.82, 2.24) is 10.2 Å². The molecule has 26 heavy (non-hydrogen) atoms. The number of carbonyl (C=O) groups excluding carboxylic acids is 3. The molecule has 0 aromatic rings. The average molecular weight is 362 g/mol. The van der Waals surface area contributed by atoms with E-state index in [-0.39, 0.29) is 23.7 Å². The molecule has 2 amide bonds. The van der Waals surface area contributed by atoms with E-state index in [1.165, 1.54) is 19.3 Å². The van der Waals surface area contributed by atoms with Gasteiger partial charge in [0, 0.05) is 13.1 Å². The third kappa shape index (κ3) is 3.12. The van der Waals surface area contributed by atoms with Crippen LogP contribution in [-0.4, -0.2) is 48.4 Å². The third-order valence-electron chi connectivity index (χ3n) is 6.91. The fourth-order valence-corrected chi connectivity index (χ4v) is 6.27. The van der Waals surface area contributed by atoms with Crippen LogP contribution in [0.25, 0.3) is 0 Å². The molecule has 5 fully saturated rings. The normalized spacial score (nSPS) is 38.2. The number of piperazine rings is 1. The minimum Gasteiger partial charge on any atom is -0.466 e. The van der Waals surface area contributed by atoms with Crippen molar-refractivity contribution in [3.8, 4) is 0 Å².